The van der Waals surface area contributed by atoms with Crippen molar-refractivity contribution >= 4 is 11.6 Å². The Morgan fingerprint density at radius 2 is 2.43 bits per heavy atom. The number of hydrogen-bond donors (Lipinski definition) is 3. The van der Waals surface area contributed by atoms with Gasteiger partial charge in [0.15, 0.2) is 0 Å². The highest BCUT2D eigenvalue weighted by molar-refractivity contribution is 5.80. The number of carbonyl (C=O) groups excluding carboxylic acids is 1. The number of likely N-dealkylation sites (N-methyl/N-ethyl adjacent to an activating group) is 1. The van der Waals surface area contributed by atoms with Crippen LogP contribution in [0, 0.1) is 0 Å². The van der Waals surface area contributed by atoms with E-state index in [9.17, 15) is 9.59 Å². The number of aromatic amines is 1. The zero-order valence-electron chi connectivity index (χ0n) is 7.83. The molecule has 0 radical (unpaired) electrons. The molecule has 6 nitrogen and oxygen atoms in total. The normalized spacial score (nSPS) is 9.50. The molecule has 0 saturated heterocycles. The van der Waals surface area contributed by atoms with Gasteiger partial charge in [-0.1, -0.05) is 0 Å². The summed E-state index contributed by atoms with van der Waals surface area (Å²) in [5, 5.41) is 11.2. The van der Waals surface area contributed by atoms with Crippen LogP contribution < -0.4 is 16.2 Å². The van der Waals surface area contributed by atoms with E-state index in [-0.39, 0.29) is 18.0 Å². The summed E-state index contributed by atoms with van der Waals surface area (Å²) in [6.45, 7) is 2.57. The lowest BCUT2D eigenvalue weighted by Gasteiger charge is -2.04. The molecule has 0 aliphatic heterocycles. The highest BCUT2D eigenvalue weighted by Gasteiger charge is 1.99. The quantitative estimate of drug-likeness (QED) is 0.595. The topological polar surface area (TPSA) is 86.9 Å². The third-order valence-electron chi connectivity index (χ3n) is 1.49. The first kappa shape index (κ1) is 10.2. The third kappa shape index (κ3) is 3.26. The van der Waals surface area contributed by atoms with Crippen LogP contribution in [0.5, 0.6) is 0 Å². The first-order valence-corrected chi connectivity index (χ1v) is 4.27. The van der Waals surface area contributed by atoms with Gasteiger partial charge in [-0.3, -0.25) is 9.59 Å². The Bertz CT molecular complexity index is 360. The van der Waals surface area contributed by atoms with Gasteiger partial charge in [-0.25, -0.2) is 5.10 Å². The zero-order chi connectivity index (χ0) is 10.4. The fourth-order valence-corrected chi connectivity index (χ4v) is 0.915. The molecular formula is C8H12N4O2. The molecule has 0 atom stereocenters. The number of aromatic nitrogens is 2. The van der Waals surface area contributed by atoms with Crippen LogP contribution in [0.2, 0.25) is 0 Å². The summed E-state index contributed by atoms with van der Waals surface area (Å²) < 4.78 is 0. The number of amides is 1. The third-order valence-corrected chi connectivity index (χ3v) is 1.49. The maximum atomic E-state index is 11.0. The van der Waals surface area contributed by atoms with Gasteiger partial charge in [-0.2, -0.15) is 5.10 Å². The van der Waals surface area contributed by atoms with Gasteiger partial charge in [0.05, 0.1) is 18.4 Å². The zero-order valence-corrected chi connectivity index (χ0v) is 7.83. The van der Waals surface area contributed by atoms with Gasteiger partial charge in [0.25, 0.3) is 5.56 Å². The van der Waals surface area contributed by atoms with Gasteiger partial charge in [-0.05, 0) is 6.92 Å². The lowest BCUT2D eigenvalue weighted by Crippen LogP contribution is -2.29. The van der Waals surface area contributed by atoms with E-state index in [0.717, 1.165) is 0 Å². The summed E-state index contributed by atoms with van der Waals surface area (Å²) in [6, 6.07) is 1.34. The molecule has 14 heavy (non-hydrogen) atoms. The van der Waals surface area contributed by atoms with Gasteiger partial charge < -0.3 is 10.6 Å². The molecule has 0 aliphatic rings. The number of H-pyrrole nitrogens is 1. The highest BCUT2D eigenvalue weighted by atomic mass is 16.2. The molecular weight excluding hydrogens is 184 g/mol. The Morgan fingerprint density at radius 1 is 1.64 bits per heavy atom. The maximum Gasteiger partial charge on any atom is 0.266 e. The molecule has 0 fully saturated rings. The molecule has 0 aliphatic carbocycles. The minimum Gasteiger partial charge on any atom is -0.375 e. The number of carbonyl (C=O) groups is 1. The standard InChI is InChI=1S/C8H12N4O2/c1-2-9-8(14)5-10-6-3-7(13)12-11-4-6/h3-4H,2,5H2,1H3,(H,9,14)(H2,10,12,13). The van der Waals surface area contributed by atoms with Gasteiger partial charge in [0, 0.05) is 12.6 Å². The molecule has 1 aromatic heterocycles. The summed E-state index contributed by atoms with van der Waals surface area (Å²) in [5.74, 6) is -0.118. The number of hydrogen-bond acceptors (Lipinski definition) is 4. The van der Waals surface area contributed by atoms with E-state index in [1.165, 1.54) is 12.3 Å². The van der Waals surface area contributed by atoms with Crippen LogP contribution in [-0.4, -0.2) is 29.2 Å². The van der Waals surface area contributed by atoms with Crippen molar-refractivity contribution < 1.29 is 4.79 Å². The largest absolute Gasteiger partial charge is 0.375 e. The van der Waals surface area contributed by atoms with Gasteiger partial charge >= 0.3 is 0 Å². The Balaban J connectivity index is 2.46. The van der Waals surface area contributed by atoms with Crippen LogP contribution in [0.1, 0.15) is 6.92 Å². The predicted octanol–water partition coefficient (Wildman–Crippen LogP) is -0.682. The van der Waals surface area contributed by atoms with Crippen LogP contribution in [-0.2, 0) is 4.79 Å². The molecule has 1 aromatic rings. The van der Waals surface area contributed by atoms with Crippen molar-refractivity contribution in [2.75, 3.05) is 18.4 Å². The lowest BCUT2D eigenvalue weighted by molar-refractivity contribution is -0.119. The first-order chi connectivity index (χ1) is 6.72. The summed E-state index contributed by atoms with van der Waals surface area (Å²) in [5.41, 5.74) is 0.228. The highest BCUT2D eigenvalue weighted by Crippen LogP contribution is 1.96. The molecule has 76 valence electrons. The monoisotopic (exact) mass is 196 g/mol. The SMILES string of the molecule is CCNC(=O)CNc1cn[nH]c(=O)c1. The second-order valence-electron chi connectivity index (χ2n) is 2.64. The number of rotatable bonds is 4. The van der Waals surface area contributed by atoms with Crippen molar-refractivity contribution in [1.29, 1.82) is 0 Å². The Hall–Kier alpha value is -1.85. The average Bonchev–Trinajstić information content (AvgIpc) is 2.15. The van der Waals surface area contributed by atoms with E-state index in [2.05, 4.69) is 20.8 Å². The van der Waals surface area contributed by atoms with Crippen LogP contribution in [0.3, 0.4) is 0 Å². The maximum absolute atomic E-state index is 11.0. The number of nitrogens with zero attached hydrogens (tertiary/aromatic N) is 1. The van der Waals surface area contributed by atoms with Crippen LogP contribution in [0.4, 0.5) is 5.69 Å². The Morgan fingerprint density at radius 3 is 3.07 bits per heavy atom. The summed E-state index contributed by atoms with van der Waals surface area (Å²) in [7, 11) is 0. The van der Waals surface area contributed by atoms with E-state index in [0.29, 0.717) is 12.2 Å². The van der Waals surface area contributed by atoms with Gasteiger partial charge in [-0.15, -0.1) is 0 Å². The van der Waals surface area contributed by atoms with Gasteiger partial charge in [0.1, 0.15) is 0 Å². The second-order valence-corrected chi connectivity index (χ2v) is 2.64. The first-order valence-electron chi connectivity index (χ1n) is 4.27. The molecule has 3 N–H and O–H groups in total. The summed E-state index contributed by atoms with van der Waals surface area (Å²) in [4.78, 5) is 21.8. The van der Waals surface area contributed by atoms with Crippen LogP contribution in [0.15, 0.2) is 17.1 Å². The second kappa shape index (κ2) is 5.00. The summed E-state index contributed by atoms with van der Waals surface area (Å²) in [6.07, 6.45) is 1.45. The van der Waals surface area contributed by atoms with Crippen molar-refractivity contribution in [3.63, 3.8) is 0 Å². The lowest BCUT2D eigenvalue weighted by atomic mass is 10.4. The molecule has 0 aromatic carbocycles. The van der Waals surface area contributed by atoms with Crippen molar-refractivity contribution in [2.24, 2.45) is 0 Å². The molecule has 0 saturated carbocycles. The van der Waals surface area contributed by atoms with E-state index in [4.69, 9.17) is 0 Å². The molecule has 6 heteroatoms. The Kier molecular flexibility index (Phi) is 3.66. The average molecular weight is 196 g/mol. The number of anilines is 1. The fraction of sp³-hybridized carbons (Fsp3) is 0.375. The van der Waals surface area contributed by atoms with Crippen LogP contribution in [0.25, 0.3) is 0 Å². The molecule has 0 bridgehead atoms. The smallest absolute Gasteiger partial charge is 0.266 e. The van der Waals surface area contributed by atoms with Gasteiger partial charge in [0.2, 0.25) is 5.91 Å². The molecule has 1 rings (SSSR count). The minimum absolute atomic E-state index is 0.118. The van der Waals surface area contributed by atoms with E-state index in [1.807, 2.05) is 6.92 Å². The molecule has 0 spiro atoms. The van der Waals surface area contributed by atoms with Crippen molar-refractivity contribution in [3.05, 3.63) is 22.6 Å². The van der Waals surface area contributed by atoms with Crippen molar-refractivity contribution in [1.82, 2.24) is 15.5 Å². The molecule has 1 heterocycles. The fourth-order valence-electron chi connectivity index (χ4n) is 0.915. The van der Waals surface area contributed by atoms with E-state index in [1.54, 1.807) is 0 Å². The van der Waals surface area contributed by atoms with E-state index < -0.39 is 0 Å². The predicted molar refractivity (Wildman–Crippen MR) is 52.0 cm³/mol. The Labute approximate surface area is 80.7 Å². The number of nitrogens with one attached hydrogen (secondary N) is 3. The summed E-state index contributed by atoms with van der Waals surface area (Å²) >= 11 is 0. The van der Waals surface area contributed by atoms with E-state index >= 15 is 0 Å². The molecule has 0 unspecified atom stereocenters. The van der Waals surface area contributed by atoms with Crippen molar-refractivity contribution in [3.8, 4) is 0 Å². The minimum atomic E-state index is -0.300. The molecule has 1 amide bonds. The van der Waals surface area contributed by atoms with Crippen molar-refractivity contribution in [2.45, 2.75) is 6.92 Å². The van der Waals surface area contributed by atoms with Crippen LogP contribution >= 0.6 is 0 Å².